The van der Waals surface area contributed by atoms with Crippen molar-refractivity contribution in [3.8, 4) is 5.88 Å². The van der Waals surface area contributed by atoms with E-state index < -0.39 is 5.60 Å². The highest BCUT2D eigenvalue weighted by molar-refractivity contribution is 7.14. The Bertz CT molecular complexity index is 914. The minimum Gasteiger partial charge on any atom is -0.472 e. The van der Waals surface area contributed by atoms with E-state index in [2.05, 4.69) is 4.98 Å². The number of carbonyl (C=O) groups excluding carboxylic acids is 2. The minimum atomic E-state index is -0.488. The number of Topliss-reactive ketones (excluding diaryl/α,β-unsaturated/α-hetero) is 1. The molecule has 3 rings (SSSR count). The Morgan fingerprint density at radius 2 is 1.97 bits per heavy atom. The third kappa shape index (κ3) is 5.95. The van der Waals surface area contributed by atoms with Crippen LogP contribution >= 0.6 is 22.9 Å². The number of hydrogen-bond donors (Lipinski definition) is 0. The molecule has 6 nitrogen and oxygen atoms in total. The van der Waals surface area contributed by atoms with Crippen LogP contribution in [0, 0.1) is 0 Å². The lowest BCUT2D eigenvalue weighted by Gasteiger charge is -2.33. The highest BCUT2D eigenvalue weighted by atomic mass is 35.5. The summed E-state index contributed by atoms with van der Waals surface area (Å²) in [5, 5.41) is 0.538. The number of carbonyl (C=O) groups is 2. The van der Waals surface area contributed by atoms with Gasteiger partial charge in [-0.1, -0.05) is 17.7 Å². The predicted molar refractivity (Wildman–Crippen MR) is 118 cm³/mol. The van der Waals surface area contributed by atoms with Gasteiger partial charge in [0.15, 0.2) is 5.78 Å². The smallest absolute Gasteiger partial charge is 0.410 e. The van der Waals surface area contributed by atoms with Gasteiger partial charge in [-0.3, -0.25) is 4.79 Å². The normalized spacial score (nSPS) is 15.2. The molecule has 8 heteroatoms. The summed E-state index contributed by atoms with van der Waals surface area (Å²) in [6.45, 7) is 8.69. The minimum absolute atomic E-state index is 0.00834. The molecule has 162 valence electrons. The van der Waals surface area contributed by atoms with Crippen LogP contribution in [0.5, 0.6) is 5.88 Å². The van der Waals surface area contributed by atoms with Crippen LogP contribution in [0.2, 0.25) is 5.02 Å². The Balaban J connectivity index is 1.57. The van der Waals surface area contributed by atoms with Crippen molar-refractivity contribution >= 4 is 34.8 Å². The third-order valence-electron chi connectivity index (χ3n) is 4.77. The molecule has 0 aromatic carbocycles. The Kier molecular flexibility index (Phi) is 7.03. The van der Waals surface area contributed by atoms with E-state index in [1.807, 2.05) is 39.0 Å². The van der Waals surface area contributed by atoms with Crippen molar-refractivity contribution in [2.45, 2.75) is 58.7 Å². The van der Waals surface area contributed by atoms with Crippen LogP contribution in [0.4, 0.5) is 4.79 Å². The summed E-state index contributed by atoms with van der Waals surface area (Å²) in [5.41, 5.74) is 0.468. The Morgan fingerprint density at radius 3 is 2.57 bits per heavy atom. The maximum absolute atomic E-state index is 12.2. The number of amides is 1. The van der Waals surface area contributed by atoms with Crippen molar-refractivity contribution in [3.05, 3.63) is 44.7 Å². The lowest BCUT2D eigenvalue weighted by Crippen LogP contribution is -2.41. The van der Waals surface area contributed by atoms with Crippen LogP contribution < -0.4 is 4.74 Å². The SMILES string of the molecule is CC(=O)c1cc(Cl)c(COc2cccc(C3CCN(C(=O)OC(C)(C)C)CC3)n2)s1. The van der Waals surface area contributed by atoms with Crippen LogP contribution in [0.15, 0.2) is 24.3 Å². The van der Waals surface area contributed by atoms with Crippen molar-refractivity contribution in [1.29, 1.82) is 0 Å². The number of aromatic nitrogens is 1. The molecule has 2 aromatic heterocycles. The fourth-order valence-corrected chi connectivity index (χ4v) is 4.45. The van der Waals surface area contributed by atoms with Crippen molar-refractivity contribution in [2.75, 3.05) is 13.1 Å². The third-order valence-corrected chi connectivity index (χ3v) is 6.42. The quantitative estimate of drug-likeness (QED) is 0.547. The molecule has 30 heavy (non-hydrogen) atoms. The highest BCUT2D eigenvalue weighted by Gasteiger charge is 2.28. The average molecular weight is 451 g/mol. The van der Waals surface area contributed by atoms with Crippen LogP contribution in [0.3, 0.4) is 0 Å². The number of ether oxygens (including phenoxy) is 2. The summed E-state index contributed by atoms with van der Waals surface area (Å²) in [7, 11) is 0. The second kappa shape index (κ2) is 9.35. The van der Waals surface area contributed by atoms with E-state index in [1.54, 1.807) is 11.0 Å². The molecule has 1 aliphatic rings. The second-order valence-corrected chi connectivity index (χ2v) is 9.91. The summed E-state index contributed by atoms with van der Waals surface area (Å²) >= 11 is 7.55. The molecular weight excluding hydrogens is 424 g/mol. The zero-order valence-electron chi connectivity index (χ0n) is 17.7. The Hall–Kier alpha value is -2.12. The van der Waals surface area contributed by atoms with E-state index >= 15 is 0 Å². The zero-order valence-corrected chi connectivity index (χ0v) is 19.3. The Morgan fingerprint density at radius 1 is 1.27 bits per heavy atom. The Labute approximate surface area is 186 Å². The first-order valence-corrected chi connectivity index (χ1v) is 11.2. The van der Waals surface area contributed by atoms with E-state index in [9.17, 15) is 9.59 Å². The molecular formula is C22H27ClN2O4S. The van der Waals surface area contributed by atoms with Gasteiger partial charge in [0.1, 0.15) is 12.2 Å². The molecule has 0 aliphatic carbocycles. The molecule has 0 unspecified atom stereocenters. The molecule has 0 N–H and O–H groups in total. The molecule has 2 aromatic rings. The number of pyridine rings is 1. The van der Waals surface area contributed by atoms with E-state index in [1.165, 1.54) is 18.3 Å². The van der Waals surface area contributed by atoms with Gasteiger partial charge < -0.3 is 14.4 Å². The highest BCUT2D eigenvalue weighted by Crippen LogP contribution is 2.30. The standard InChI is InChI=1S/C22H27ClN2O4S/c1-14(26)18-12-16(23)19(30-18)13-28-20-7-5-6-17(24-20)15-8-10-25(11-9-15)21(27)29-22(2,3)4/h5-7,12,15H,8-11,13H2,1-4H3. The number of rotatable bonds is 5. The van der Waals surface area contributed by atoms with Crippen LogP contribution in [-0.4, -0.2) is 40.5 Å². The molecule has 0 bridgehead atoms. The van der Waals surface area contributed by atoms with Gasteiger partial charge in [0.05, 0.1) is 14.8 Å². The van der Waals surface area contributed by atoms with E-state index in [0.29, 0.717) is 28.9 Å². The van der Waals surface area contributed by atoms with Gasteiger partial charge in [0.2, 0.25) is 5.88 Å². The summed E-state index contributed by atoms with van der Waals surface area (Å²) < 4.78 is 11.3. The number of piperidine rings is 1. The summed E-state index contributed by atoms with van der Waals surface area (Å²) in [6.07, 6.45) is 1.40. The van der Waals surface area contributed by atoms with Crippen LogP contribution in [0.1, 0.15) is 66.7 Å². The van der Waals surface area contributed by atoms with Crippen molar-refractivity contribution in [2.24, 2.45) is 0 Å². The lowest BCUT2D eigenvalue weighted by molar-refractivity contribution is 0.0203. The average Bonchev–Trinajstić information content (AvgIpc) is 3.06. The lowest BCUT2D eigenvalue weighted by atomic mass is 9.93. The molecule has 1 amide bonds. The second-order valence-electron chi connectivity index (χ2n) is 8.37. The molecule has 0 radical (unpaired) electrons. The predicted octanol–water partition coefficient (Wildman–Crippen LogP) is 5.69. The van der Waals surface area contributed by atoms with Crippen LogP contribution in [0.25, 0.3) is 0 Å². The van der Waals surface area contributed by atoms with Crippen molar-refractivity contribution in [3.63, 3.8) is 0 Å². The molecule has 1 aliphatic heterocycles. The summed E-state index contributed by atoms with van der Waals surface area (Å²) in [5.74, 6) is 0.781. The molecule has 3 heterocycles. The topological polar surface area (TPSA) is 68.7 Å². The molecule has 1 fully saturated rings. The van der Waals surface area contributed by atoms with Gasteiger partial charge in [0.25, 0.3) is 0 Å². The molecule has 0 saturated carbocycles. The van der Waals surface area contributed by atoms with Crippen molar-refractivity contribution < 1.29 is 19.1 Å². The monoisotopic (exact) mass is 450 g/mol. The number of hydrogen-bond acceptors (Lipinski definition) is 6. The fraction of sp³-hybridized carbons (Fsp3) is 0.500. The van der Waals surface area contributed by atoms with Gasteiger partial charge in [0, 0.05) is 30.8 Å². The fourth-order valence-electron chi connectivity index (χ4n) is 3.24. The van der Waals surface area contributed by atoms with Crippen LogP contribution in [-0.2, 0) is 11.3 Å². The number of halogens is 1. The van der Waals surface area contributed by atoms with Gasteiger partial charge in [-0.05, 0) is 52.7 Å². The number of likely N-dealkylation sites (tertiary alicyclic amines) is 1. The number of ketones is 1. The first-order valence-electron chi connectivity index (χ1n) is 9.99. The zero-order chi connectivity index (χ0) is 21.9. The number of nitrogens with zero attached hydrogens (tertiary/aromatic N) is 2. The van der Waals surface area contributed by atoms with Gasteiger partial charge in [-0.2, -0.15) is 0 Å². The summed E-state index contributed by atoms with van der Waals surface area (Å²) in [4.78, 5) is 31.6. The van der Waals surface area contributed by atoms with Gasteiger partial charge in [-0.25, -0.2) is 9.78 Å². The first-order chi connectivity index (χ1) is 14.1. The van der Waals surface area contributed by atoms with Crippen molar-refractivity contribution in [1.82, 2.24) is 9.88 Å². The van der Waals surface area contributed by atoms with E-state index in [4.69, 9.17) is 21.1 Å². The summed E-state index contributed by atoms with van der Waals surface area (Å²) in [6, 6.07) is 7.41. The maximum Gasteiger partial charge on any atom is 0.410 e. The van der Waals surface area contributed by atoms with Gasteiger partial charge >= 0.3 is 6.09 Å². The van der Waals surface area contributed by atoms with E-state index in [-0.39, 0.29) is 24.4 Å². The maximum atomic E-state index is 12.2. The molecule has 0 spiro atoms. The largest absolute Gasteiger partial charge is 0.472 e. The first kappa shape index (κ1) is 22.6. The molecule has 0 atom stereocenters. The van der Waals surface area contributed by atoms with Gasteiger partial charge in [-0.15, -0.1) is 11.3 Å². The number of thiophene rings is 1. The van der Waals surface area contributed by atoms with E-state index in [0.717, 1.165) is 23.4 Å². The molecule has 1 saturated heterocycles.